The van der Waals surface area contributed by atoms with Gasteiger partial charge in [0.25, 0.3) is 0 Å². The smallest absolute Gasteiger partial charge is 0.0579 e. The van der Waals surface area contributed by atoms with E-state index in [-0.39, 0.29) is 0 Å². The van der Waals surface area contributed by atoms with Gasteiger partial charge in [0.05, 0.1) is 12.2 Å². The van der Waals surface area contributed by atoms with Crippen LogP contribution in [-0.4, -0.2) is 12.2 Å². The highest BCUT2D eigenvalue weighted by molar-refractivity contribution is 4.69. The molecule has 1 nitrogen and oxygen atoms in total. The summed E-state index contributed by atoms with van der Waals surface area (Å²) in [4.78, 5) is 0. The van der Waals surface area contributed by atoms with Gasteiger partial charge >= 0.3 is 0 Å². The number of hydrogen-bond acceptors (Lipinski definition) is 1. The fourth-order valence-electron chi connectivity index (χ4n) is 1.53. The Labute approximate surface area is 63.8 Å². The van der Waals surface area contributed by atoms with Gasteiger partial charge in [0.15, 0.2) is 0 Å². The zero-order valence-corrected chi connectivity index (χ0v) is 7.10. The van der Waals surface area contributed by atoms with E-state index in [0.717, 1.165) is 0 Å². The second-order valence-electron chi connectivity index (χ2n) is 3.29. The minimum absolute atomic E-state index is 0.529. The van der Waals surface area contributed by atoms with Crippen LogP contribution in [0.15, 0.2) is 0 Å². The number of ether oxygens (including phenoxy) is 1. The molecule has 1 aliphatic rings. The van der Waals surface area contributed by atoms with Crippen molar-refractivity contribution in [1.29, 1.82) is 0 Å². The highest BCUT2D eigenvalue weighted by atomic mass is 16.5. The first-order chi connectivity index (χ1) is 4.83. The maximum absolute atomic E-state index is 5.66. The van der Waals surface area contributed by atoms with Crippen LogP contribution < -0.4 is 0 Å². The summed E-state index contributed by atoms with van der Waals surface area (Å²) in [6, 6.07) is 0. The molecule has 1 saturated heterocycles. The molecule has 0 aromatic rings. The molecule has 0 aromatic carbocycles. The van der Waals surface area contributed by atoms with Gasteiger partial charge in [-0.25, -0.2) is 0 Å². The molecule has 0 radical (unpaired) electrons. The summed E-state index contributed by atoms with van der Waals surface area (Å²) in [7, 11) is 0. The van der Waals surface area contributed by atoms with Crippen molar-refractivity contribution in [2.45, 2.75) is 58.2 Å². The van der Waals surface area contributed by atoms with Crippen LogP contribution in [0.3, 0.4) is 0 Å². The van der Waals surface area contributed by atoms with Crippen LogP contribution in [0, 0.1) is 0 Å². The molecule has 1 aliphatic heterocycles. The third kappa shape index (κ3) is 2.30. The quantitative estimate of drug-likeness (QED) is 0.588. The third-order valence-corrected chi connectivity index (χ3v) is 2.20. The van der Waals surface area contributed by atoms with Crippen LogP contribution in [0.2, 0.25) is 0 Å². The molecule has 1 heteroatoms. The Balaban J connectivity index is 2.06. The highest BCUT2D eigenvalue weighted by Gasteiger charge is 2.20. The van der Waals surface area contributed by atoms with Crippen molar-refractivity contribution < 1.29 is 4.74 Å². The zero-order valence-electron chi connectivity index (χ0n) is 7.10. The fraction of sp³-hybridized carbons (Fsp3) is 1.00. The van der Waals surface area contributed by atoms with E-state index in [2.05, 4.69) is 13.8 Å². The van der Waals surface area contributed by atoms with Crippen LogP contribution in [-0.2, 0) is 4.74 Å². The number of rotatable bonds is 3. The summed E-state index contributed by atoms with van der Waals surface area (Å²) in [6.45, 7) is 4.41. The molecular formula is C9H18O. The molecule has 0 N–H and O–H groups in total. The summed E-state index contributed by atoms with van der Waals surface area (Å²) >= 11 is 0. The summed E-state index contributed by atoms with van der Waals surface area (Å²) in [6.07, 6.45) is 7.60. The molecule has 0 amide bonds. The molecule has 10 heavy (non-hydrogen) atoms. The molecule has 2 unspecified atom stereocenters. The molecule has 1 rings (SSSR count). The maximum atomic E-state index is 5.66. The van der Waals surface area contributed by atoms with Gasteiger partial charge in [-0.2, -0.15) is 0 Å². The van der Waals surface area contributed by atoms with Gasteiger partial charge in [-0.15, -0.1) is 0 Å². The van der Waals surface area contributed by atoms with Crippen molar-refractivity contribution in [1.82, 2.24) is 0 Å². The minimum atomic E-state index is 0.529. The molecule has 0 saturated carbocycles. The van der Waals surface area contributed by atoms with Gasteiger partial charge in [0, 0.05) is 0 Å². The monoisotopic (exact) mass is 142 g/mol. The van der Waals surface area contributed by atoms with Gasteiger partial charge in [0.2, 0.25) is 0 Å². The van der Waals surface area contributed by atoms with Crippen molar-refractivity contribution in [3.05, 3.63) is 0 Å². The van der Waals surface area contributed by atoms with Crippen molar-refractivity contribution in [3.63, 3.8) is 0 Å². The Morgan fingerprint density at radius 2 is 2.20 bits per heavy atom. The lowest BCUT2D eigenvalue weighted by Crippen LogP contribution is -2.07. The van der Waals surface area contributed by atoms with Gasteiger partial charge in [-0.1, -0.05) is 19.8 Å². The molecule has 2 atom stereocenters. The maximum Gasteiger partial charge on any atom is 0.0579 e. The van der Waals surface area contributed by atoms with Crippen LogP contribution in [0.5, 0.6) is 0 Å². The van der Waals surface area contributed by atoms with Crippen LogP contribution in [0.25, 0.3) is 0 Å². The van der Waals surface area contributed by atoms with Gasteiger partial charge in [-0.3, -0.25) is 0 Å². The van der Waals surface area contributed by atoms with Crippen LogP contribution >= 0.6 is 0 Å². The third-order valence-electron chi connectivity index (χ3n) is 2.20. The molecule has 60 valence electrons. The van der Waals surface area contributed by atoms with E-state index in [9.17, 15) is 0 Å². The number of hydrogen-bond donors (Lipinski definition) is 0. The van der Waals surface area contributed by atoms with Gasteiger partial charge in [-0.05, 0) is 26.2 Å². The van der Waals surface area contributed by atoms with Gasteiger partial charge in [0.1, 0.15) is 0 Å². The largest absolute Gasteiger partial charge is 0.375 e. The van der Waals surface area contributed by atoms with Crippen LogP contribution in [0.1, 0.15) is 46.0 Å². The van der Waals surface area contributed by atoms with Crippen LogP contribution in [0.4, 0.5) is 0 Å². The molecule has 0 spiro atoms. The second-order valence-corrected chi connectivity index (χ2v) is 3.29. The Morgan fingerprint density at radius 3 is 2.70 bits per heavy atom. The lowest BCUT2D eigenvalue weighted by atomic mass is 10.1. The van der Waals surface area contributed by atoms with Crippen molar-refractivity contribution >= 4 is 0 Å². The van der Waals surface area contributed by atoms with E-state index in [0.29, 0.717) is 12.2 Å². The summed E-state index contributed by atoms with van der Waals surface area (Å²) in [5.41, 5.74) is 0. The summed E-state index contributed by atoms with van der Waals surface area (Å²) in [5, 5.41) is 0. The Bertz CT molecular complexity index is 90.7. The first-order valence-corrected chi connectivity index (χ1v) is 4.48. The van der Waals surface area contributed by atoms with E-state index in [4.69, 9.17) is 4.74 Å². The van der Waals surface area contributed by atoms with E-state index in [1.54, 1.807) is 0 Å². The average molecular weight is 142 g/mol. The lowest BCUT2D eigenvalue weighted by Gasteiger charge is -2.08. The standard InChI is InChI=1S/C9H18O/c1-3-4-5-9-7-6-8(2)10-9/h8-9H,3-7H2,1-2H3. The van der Waals surface area contributed by atoms with E-state index < -0.39 is 0 Å². The first-order valence-electron chi connectivity index (χ1n) is 4.48. The number of unbranched alkanes of at least 4 members (excludes halogenated alkanes) is 1. The predicted molar refractivity (Wildman–Crippen MR) is 43.1 cm³/mol. The van der Waals surface area contributed by atoms with E-state index >= 15 is 0 Å². The molecule has 1 fully saturated rings. The Kier molecular flexibility index (Phi) is 3.20. The average Bonchev–Trinajstić information content (AvgIpc) is 2.31. The second kappa shape index (κ2) is 3.97. The minimum Gasteiger partial charge on any atom is -0.375 e. The lowest BCUT2D eigenvalue weighted by molar-refractivity contribution is 0.0497. The van der Waals surface area contributed by atoms with Gasteiger partial charge < -0.3 is 4.74 Å². The topological polar surface area (TPSA) is 9.23 Å². The molecule has 0 aliphatic carbocycles. The van der Waals surface area contributed by atoms with E-state index in [1.807, 2.05) is 0 Å². The zero-order chi connectivity index (χ0) is 7.40. The summed E-state index contributed by atoms with van der Waals surface area (Å²) in [5.74, 6) is 0. The van der Waals surface area contributed by atoms with Crippen molar-refractivity contribution in [2.75, 3.05) is 0 Å². The fourth-order valence-corrected chi connectivity index (χ4v) is 1.53. The first kappa shape index (κ1) is 8.06. The molecular weight excluding hydrogens is 124 g/mol. The van der Waals surface area contributed by atoms with E-state index in [1.165, 1.54) is 32.1 Å². The normalized spacial score (nSPS) is 33.0. The molecule has 0 bridgehead atoms. The Hall–Kier alpha value is -0.0400. The summed E-state index contributed by atoms with van der Waals surface area (Å²) < 4.78 is 5.66. The van der Waals surface area contributed by atoms with Crippen molar-refractivity contribution in [3.8, 4) is 0 Å². The predicted octanol–water partition coefficient (Wildman–Crippen LogP) is 2.74. The SMILES string of the molecule is CCCCC1CCC(C)O1. The Morgan fingerprint density at radius 1 is 1.40 bits per heavy atom. The molecule has 0 aromatic heterocycles. The molecule has 1 heterocycles. The highest BCUT2D eigenvalue weighted by Crippen LogP contribution is 2.22. The van der Waals surface area contributed by atoms with Crippen molar-refractivity contribution in [2.24, 2.45) is 0 Å².